The van der Waals surface area contributed by atoms with Crippen LogP contribution in [-0.2, 0) is 4.74 Å². The van der Waals surface area contributed by atoms with Crippen molar-refractivity contribution >= 4 is 11.7 Å². The first-order chi connectivity index (χ1) is 7.54. The summed E-state index contributed by atoms with van der Waals surface area (Å²) >= 11 is 0. The molecule has 0 saturated carbocycles. The predicted molar refractivity (Wildman–Crippen MR) is 58.3 cm³/mol. The van der Waals surface area contributed by atoms with E-state index in [2.05, 4.69) is 5.32 Å². The molecule has 0 aliphatic rings. The Hall–Kier alpha value is -1.62. The molecule has 88 valence electrons. The van der Waals surface area contributed by atoms with Crippen molar-refractivity contribution in [1.82, 2.24) is 0 Å². The fourth-order valence-electron chi connectivity index (χ4n) is 1.33. The molecule has 0 radical (unpaired) electrons. The number of hydrogen-bond donors (Lipinski definition) is 2. The highest BCUT2D eigenvalue weighted by atomic mass is 19.1. The van der Waals surface area contributed by atoms with Crippen LogP contribution in [0.15, 0.2) is 18.2 Å². The van der Waals surface area contributed by atoms with E-state index < -0.39 is 11.8 Å². The molecule has 0 spiro atoms. The number of benzene rings is 1. The van der Waals surface area contributed by atoms with Gasteiger partial charge in [0.1, 0.15) is 5.82 Å². The summed E-state index contributed by atoms with van der Waals surface area (Å²) in [4.78, 5) is 10.7. The Morgan fingerprint density at radius 3 is 2.88 bits per heavy atom. The maximum absolute atomic E-state index is 13.3. The molecule has 1 rings (SSSR count). The summed E-state index contributed by atoms with van der Waals surface area (Å²) in [5.74, 6) is -1.56. The second-order valence-corrected chi connectivity index (χ2v) is 3.50. The lowest BCUT2D eigenvalue weighted by Crippen LogP contribution is -2.21. The molecular weight excluding hydrogens is 213 g/mol. The van der Waals surface area contributed by atoms with E-state index in [0.717, 1.165) is 6.07 Å². The van der Waals surface area contributed by atoms with Gasteiger partial charge in [-0.1, -0.05) is 0 Å². The van der Waals surface area contributed by atoms with Gasteiger partial charge in [0.2, 0.25) is 0 Å². The molecule has 4 nitrogen and oxygen atoms in total. The zero-order valence-electron chi connectivity index (χ0n) is 9.16. The number of carboxylic acid groups (broad SMARTS) is 1. The van der Waals surface area contributed by atoms with Crippen molar-refractivity contribution < 1.29 is 19.0 Å². The smallest absolute Gasteiger partial charge is 0.335 e. The average molecular weight is 227 g/mol. The van der Waals surface area contributed by atoms with Crippen LogP contribution >= 0.6 is 0 Å². The van der Waals surface area contributed by atoms with Gasteiger partial charge in [0, 0.05) is 13.2 Å². The molecule has 0 bridgehead atoms. The van der Waals surface area contributed by atoms with Gasteiger partial charge >= 0.3 is 5.97 Å². The Kier molecular flexibility index (Phi) is 4.25. The molecule has 0 aromatic heterocycles. The molecule has 0 saturated heterocycles. The van der Waals surface area contributed by atoms with E-state index in [0.29, 0.717) is 6.61 Å². The SMILES string of the molecule is COCC(C)Nc1cc(C(=O)O)ccc1F. The van der Waals surface area contributed by atoms with Gasteiger partial charge in [-0.15, -0.1) is 0 Å². The van der Waals surface area contributed by atoms with Gasteiger partial charge in [0.05, 0.1) is 17.9 Å². The number of aromatic carboxylic acids is 1. The number of carboxylic acids is 1. The summed E-state index contributed by atoms with van der Waals surface area (Å²) in [6.45, 7) is 2.23. The van der Waals surface area contributed by atoms with Crippen LogP contribution in [0.2, 0.25) is 0 Å². The Labute approximate surface area is 93.0 Å². The van der Waals surface area contributed by atoms with E-state index >= 15 is 0 Å². The summed E-state index contributed by atoms with van der Waals surface area (Å²) in [6.07, 6.45) is 0. The summed E-state index contributed by atoms with van der Waals surface area (Å²) in [5, 5.41) is 11.6. The molecule has 1 aromatic rings. The van der Waals surface area contributed by atoms with Gasteiger partial charge in [-0.3, -0.25) is 0 Å². The molecule has 0 heterocycles. The quantitative estimate of drug-likeness (QED) is 0.807. The lowest BCUT2D eigenvalue weighted by Gasteiger charge is -2.15. The second-order valence-electron chi connectivity index (χ2n) is 3.50. The minimum absolute atomic E-state index is 0.0496. The lowest BCUT2D eigenvalue weighted by atomic mass is 10.2. The highest BCUT2D eigenvalue weighted by molar-refractivity contribution is 5.88. The Balaban J connectivity index is 2.85. The van der Waals surface area contributed by atoms with Crippen LogP contribution < -0.4 is 5.32 Å². The van der Waals surface area contributed by atoms with Crippen LogP contribution in [0.3, 0.4) is 0 Å². The van der Waals surface area contributed by atoms with Crippen molar-refractivity contribution in [2.45, 2.75) is 13.0 Å². The molecule has 16 heavy (non-hydrogen) atoms. The number of rotatable bonds is 5. The minimum Gasteiger partial charge on any atom is -0.478 e. The van der Waals surface area contributed by atoms with Crippen molar-refractivity contribution in [1.29, 1.82) is 0 Å². The van der Waals surface area contributed by atoms with Crippen molar-refractivity contribution in [2.24, 2.45) is 0 Å². The highest BCUT2D eigenvalue weighted by Gasteiger charge is 2.10. The molecule has 0 aliphatic carbocycles. The van der Waals surface area contributed by atoms with Gasteiger partial charge in [-0.2, -0.15) is 0 Å². The van der Waals surface area contributed by atoms with Crippen molar-refractivity contribution in [2.75, 3.05) is 19.0 Å². The van der Waals surface area contributed by atoms with Gasteiger partial charge in [0.25, 0.3) is 0 Å². The van der Waals surface area contributed by atoms with Crippen molar-refractivity contribution in [3.63, 3.8) is 0 Å². The van der Waals surface area contributed by atoms with Gasteiger partial charge in [-0.25, -0.2) is 9.18 Å². The standard InChI is InChI=1S/C11H14FNO3/c1-7(6-16-2)13-10-5-8(11(14)15)3-4-9(10)12/h3-5,7,13H,6H2,1-2H3,(H,14,15). The molecule has 0 aliphatic heterocycles. The highest BCUT2D eigenvalue weighted by Crippen LogP contribution is 2.17. The number of methoxy groups -OCH3 is 1. The first-order valence-corrected chi connectivity index (χ1v) is 4.83. The summed E-state index contributed by atoms with van der Waals surface area (Å²) in [5.41, 5.74) is 0.220. The lowest BCUT2D eigenvalue weighted by molar-refractivity contribution is 0.0697. The van der Waals surface area contributed by atoms with Crippen LogP contribution in [0.25, 0.3) is 0 Å². The third kappa shape index (κ3) is 3.20. The van der Waals surface area contributed by atoms with Crippen molar-refractivity contribution in [3.05, 3.63) is 29.6 Å². The summed E-state index contributed by atoms with van der Waals surface area (Å²) < 4.78 is 18.2. The molecule has 1 unspecified atom stereocenters. The summed E-state index contributed by atoms with van der Waals surface area (Å²) in [7, 11) is 1.54. The third-order valence-corrected chi connectivity index (χ3v) is 2.03. The first kappa shape index (κ1) is 12.4. The maximum atomic E-state index is 13.3. The zero-order chi connectivity index (χ0) is 12.1. The zero-order valence-corrected chi connectivity index (χ0v) is 9.16. The van der Waals surface area contributed by atoms with Gasteiger partial charge < -0.3 is 15.2 Å². The van der Waals surface area contributed by atoms with Crippen LogP contribution in [0, 0.1) is 5.82 Å². The topological polar surface area (TPSA) is 58.6 Å². The van der Waals surface area contributed by atoms with E-state index in [1.807, 2.05) is 6.92 Å². The molecule has 5 heteroatoms. The third-order valence-electron chi connectivity index (χ3n) is 2.03. The molecular formula is C11H14FNO3. The number of ether oxygens (including phenoxy) is 1. The normalized spacial score (nSPS) is 12.2. The van der Waals surface area contributed by atoms with Gasteiger partial charge in [-0.05, 0) is 25.1 Å². The molecule has 2 N–H and O–H groups in total. The Bertz CT molecular complexity index is 381. The Morgan fingerprint density at radius 1 is 1.62 bits per heavy atom. The fourth-order valence-corrected chi connectivity index (χ4v) is 1.33. The number of halogens is 1. The number of nitrogens with one attached hydrogen (secondary N) is 1. The van der Waals surface area contributed by atoms with Crippen LogP contribution in [0.5, 0.6) is 0 Å². The second kappa shape index (κ2) is 5.46. The molecule has 0 fully saturated rings. The van der Waals surface area contributed by atoms with E-state index in [1.165, 1.54) is 12.1 Å². The minimum atomic E-state index is -1.08. The predicted octanol–water partition coefficient (Wildman–Crippen LogP) is 1.97. The average Bonchev–Trinajstić information content (AvgIpc) is 2.21. The van der Waals surface area contributed by atoms with Gasteiger partial charge in [0.15, 0.2) is 0 Å². The van der Waals surface area contributed by atoms with Crippen LogP contribution in [0.1, 0.15) is 17.3 Å². The fraction of sp³-hybridized carbons (Fsp3) is 0.364. The van der Waals surface area contributed by atoms with E-state index in [4.69, 9.17) is 9.84 Å². The van der Waals surface area contributed by atoms with Crippen LogP contribution in [-0.4, -0.2) is 30.8 Å². The summed E-state index contributed by atoms with van der Waals surface area (Å²) in [6, 6.07) is 3.53. The monoisotopic (exact) mass is 227 g/mol. The number of hydrogen-bond acceptors (Lipinski definition) is 3. The van der Waals surface area contributed by atoms with E-state index in [-0.39, 0.29) is 17.3 Å². The number of anilines is 1. The molecule has 1 aromatic carbocycles. The first-order valence-electron chi connectivity index (χ1n) is 4.83. The van der Waals surface area contributed by atoms with E-state index in [9.17, 15) is 9.18 Å². The molecule has 1 atom stereocenters. The maximum Gasteiger partial charge on any atom is 0.335 e. The Morgan fingerprint density at radius 2 is 2.31 bits per heavy atom. The van der Waals surface area contributed by atoms with Crippen molar-refractivity contribution in [3.8, 4) is 0 Å². The van der Waals surface area contributed by atoms with E-state index in [1.54, 1.807) is 7.11 Å². The largest absolute Gasteiger partial charge is 0.478 e. The molecule has 0 amide bonds. The number of carbonyl (C=O) groups is 1. The van der Waals surface area contributed by atoms with Crippen LogP contribution in [0.4, 0.5) is 10.1 Å².